The molecule has 0 saturated carbocycles. The summed E-state index contributed by atoms with van der Waals surface area (Å²) in [4.78, 5) is 39.3. The van der Waals surface area contributed by atoms with Gasteiger partial charge in [0.2, 0.25) is 0 Å². The first-order valence-corrected chi connectivity index (χ1v) is 13.5. The number of halogens is 1. The number of thioether (sulfide) groups is 1. The van der Waals surface area contributed by atoms with E-state index >= 15 is 0 Å². The number of carbonyl (C=O) groups is 3. The van der Waals surface area contributed by atoms with Crippen LogP contribution < -0.4 is 15.4 Å². The standard InChI is InChI=1S/C32H27FN2O4S/c1-2-39-26-16-12-22(13-17-26)30(36)21-40-27-18-14-25(15-19-27)34-32(38)29(20-24-10-6-7-11-28(24)33)35-31(37)23-8-4-3-5-9-23/h3-20H,2,21H2,1H3,(H,34,38)(H,35,37)/b29-20-. The minimum absolute atomic E-state index is 0.0116. The van der Waals surface area contributed by atoms with Crippen LogP contribution in [-0.2, 0) is 4.79 Å². The largest absolute Gasteiger partial charge is 0.494 e. The fourth-order valence-electron chi connectivity index (χ4n) is 3.66. The molecule has 0 aromatic heterocycles. The molecule has 2 amide bonds. The monoisotopic (exact) mass is 554 g/mol. The van der Waals surface area contributed by atoms with Gasteiger partial charge >= 0.3 is 0 Å². The van der Waals surface area contributed by atoms with Crippen LogP contribution in [0, 0.1) is 5.82 Å². The lowest BCUT2D eigenvalue weighted by atomic mass is 10.1. The Morgan fingerprint density at radius 2 is 1.50 bits per heavy atom. The molecule has 0 saturated heterocycles. The lowest BCUT2D eigenvalue weighted by Gasteiger charge is -2.12. The molecule has 0 bridgehead atoms. The molecule has 0 spiro atoms. The molecule has 4 aromatic carbocycles. The summed E-state index contributed by atoms with van der Waals surface area (Å²) in [6.07, 6.45) is 1.29. The highest BCUT2D eigenvalue weighted by Crippen LogP contribution is 2.23. The van der Waals surface area contributed by atoms with Crippen molar-refractivity contribution in [2.75, 3.05) is 17.7 Å². The summed E-state index contributed by atoms with van der Waals surface area (Å²) in [6, 6.07) is 28.4. The van der Waals surface area contributed by atoms with E-state index in [0.29, 0.717) is 23.4 Å². The lowest BCUT2D eigenvalue weighted by Crippen LogP contribution is -2.30. The molecule has 202 valence electrons. The molecular weight excluding hydrogens is 527 g/mol. The Hall–Kier alpha value is -4.69. The van der Waals surface area contributed by atoms with Crippen molar-refractivity contribution in [3.8, 4) is 5.75 Å². The predicted octanol–water partition coefficient (Wildman–Crippen LogP) is 6.61. The zero-order valence-corrected chi connectivity index (χ0v) is 22.5. The summed E-state index contributed by atoms with van der Waals surface area (Å²) in [5.74, 6) is -0.678. The molecule has 8 heteroatoms. The van der Waals surface area contributed by atoms with E-state index in [1.54, 1.807) is 91.0 Å². The number of Topliss-reactive ketones (excluding diaryl/α,β-unsaturated/α-hetero) is 1. The Morgan fingerprint density at radius 1 is 0.825 bits per heavy atom. The van der Waals surface area contributed by atoms with Crippen molar-refractivity contribution in [1.29, 1.82) is 0 Å². The number of carbonyl (C=O) groups excluding carboxylic acids is 3. The van der Waals surface area contributed by atoms with Gasteiger partial charge < -0.3 is 15.4 Å². The first-order valence-electron chi connectivity index (χ1n) is 12.6. The number of benzene rings is 4. The summed E-state index contributed by atoms with van der Waals surface area (Å²) in [6.45, 7) is 2.46. The van der Waals surface area contributed by atoms with Gasteiger partial charge in [0.1, 0.15) is 17.3 Å². The molecule has 0 aliphatic heterocycles. The van der Waals surface area contributed by atoms with Crippen LogP contribution in [0.3, 0.4) is 0 Å². The molecule has 4 aromatic rings. The van der Waals surface area contributed by atoms with E-state index in [0.717, 1.165) is 10.6 Å². The Morgan fingerprint density at radius 3 is 2.17 bits per heavy atom. The van der Waals surface area contributed by atoms with Crippen LogP contribution in [0.2, 0.25) is 0 Å². The first kappa shape index (κ1) is 28.3. The second-order valence-electron chi connectivity index (χ2n) is 8.55. The number of ketones is 1. The van der Waals surface area contributed by atoms with E-state index in [-0.39, 0.29) is 22.8 Å². The Kier molecular flexibility index (Phi) is 9.85. The van der Waals surface area contributed by atoms with Gasteiger partial charge in [0.25, 0.3) is 11.8 Å². The molecule has 0 atom stereocenters. The number of ether oxygens (including phenoxy) is 1. The third-order valence-corrected chi connectivity index (χ3v) is 6.72. The smallest absolute Gasteiger partial charge is 0.272 e. The highest BCUT2D eigenvalue weighted by Gasteiger charge is 2.16. The van der Waals surface area contributed by atoms with Crippen LogP contribution in [0.1, 0.15) is 33.2 Å². The zero-order chi connectivity index (χ0) is 28.3. The van der Waals surface area contributed by atoms with Crippen molar-refractivity contribution in [2.24, 2.45) is 0 Å². The Labute approximate surface area is 236 Å². The highest BCUT2D eigenvalue weighted by molar-refractivity contribution is 8.00. The highest BCUT2D eigenvalue weighted by atomic mass is 32.2. The van der Waals surface area contributed by atoms with Gasteiger partial charge in [-0.15, -0.1) is 11.8 Å². The summed E-state index contributed by atoms with van der Waals surface area (Å²) < 4.78 is 19.7. The number of rotatable bonds is 11. The third-order valence-electron chi connectivity index (χ3n) is 5.70. The SMILES string of the molecule is CCOc1ccc(C(=O)CSc2ccc(NC(=O)/C(=C/c3ccccc3F)NC(=O)c3ccccc3)cc2)cc1. The molecule has 0 unspecified atom stereocenters. The number of hydrogen-bond donors (Lipinski definition) is 2. The topological polar surface area (TPSA) is 84.5 Å². The Balaban J connectivity index is 1.41. The van der Waals surface area contributed by atoms with Crippen LogP contribution in [0.25, 0.3) is 6.08 Å². The van der Waals surface area contributed by atoms with E-state index in [1.165, 1.54) is 30.0 Å². The second kappa shape index (κ2) is 13.9. The molecule has 0 aliphatic rings. The second-order valence-corrected chi connectivity index (χ2v) is 9.60. The van der Waals surface area contributed by atoms with Gasteiger partial charge in [-0.25, -0.2) is 4.39 Å². The van der Waals surface area contributed by atoms with Crippen molar-refractivity contribution in [2.45, 2.75) is 11.8 Å². The van der Waals surface area contributed by atoms with Gasteiger partial charge in [0.05, 0.1) is 12.4 Å². The van der Waals surface area contributed by atoms with Gasteiger partial charge in [-0.05, 0) is 79.7 Å². The maximum atomic E-state index is 14.3. The van der Waals surface area contributed by atoms with Crippen LogP contribution in [-0.4, -0.2) is 30.0 Å². The number of anilines is 1. The predicted molar refractivity (Wildman–Crippen MR) is 156 cm³/mol. The van der Waals surface area contributed by atoms with Gasteiger partial charge in [-0.2, -0.15) is 0 Å². The van der Waals surface area contributed by atoms with Crippen molar-refractivity contribution in [1.82, 2.24) is 5.32 Å². The Bertz CT molecular complexity index is 1500. The van der Waals surface area contributed by atoms with Crippen LogP contribution in [0.5, 0.6) is 5.75 Å². The van der Waals surface area contributed by atoms with E-state index in [4.69, 9.17) is 4.74 Å². The summed E-state index contributed by atoms with van der Waals surface area (Å²) in [5.41, 5.74) is 1.48. The minimum Gasteiger partial charge on any atom is -0.494 e. The third kappa shape index (κ3) is 7.91. The fourth-order valence-corrected chi connectivity index (χ4v) is 4.45. The van der Waals surface area contributed by atoms with Gasteiger partial charge in [0.15, 0.2) is 5.78 Å². The summed E-state index contributed by atoms with van der Waals surface area (Å²) in [5, 5.41) is 5.33. The molecule has 0 heterocycles. The molecule has 0 aliphatic carbocycles. The molecule has 2 N–H and O–H groups in total. The quantitative estimate of drug-likeness (QED) is 0.124. The van der Waals surface area contributed by atoms with Gasteiger partial charge in [-0.1, -0.05) is 36.4 Å². The van der Waals surface area contributed by atoms with Gasteiger partial charge in [0, 0.05) is 27.3 Å². The minimum atomic E-state index is -0.612. The van der Waals surface area contributed by atoms with E-state index in [9.17, 15) is 18.8 Å². The average Bonchev–Trinajstić information content (AvgIpc) is 2.98. The first-order chi connectivity index (χ1) is 19.4. The van der Waals surface area contributed by atoms with Crippen molar-refractivity contribution in [3.05, 3.63) is 131 Å². The number of hydrogen-bond acceptors (Lipinski definition) is 5. The van der Waals surface area contributed by atoms with Crippen molar-refractivity contribution < 1.29 is 23.5 Å². The maximum Gasteiger partial charge on any atom is 0.272 e. The van der Waals surface area contributed by atoms with E-state index in [1.807, 2.05) is 6.92 Å². The average molecular weight is 555 g/mol. The van der Waals surface area contributed by atoms with Crippen molar-refractivity contribution in [3.63, 3.8) is 0 Å². The molecular formula is C32H27FN2O4S. The summed E-state index contributed by atoms with van der Waals surface area (Å²) >= 11 is 1.38. The number of nitrogens with one attached hydrogen (secondary N) is 2. The maximum absolute atomic E-state index is 14.3. The molecule has 0 radical (unpaired) electrons. The number of amides is 2. The van der Waals surface area contributed by atoms with Gasteiger partial charge in [-0.3, -0.25) is 14.4 Å². The summed E-state index contributed by atoms with van der Waals surface area (Å²) in [7, 11) is 0. The molecule has 40 heavy (non-hydrogen) atoms. The van der Waals surface area contributed by atoms with Crippen LogP contribution in [0.15, 0.2) is 114 Å². The molecule has 6 nitrogen and oxygen atoms in total. The van der Waals surface area contributed by atoms with E-state index in [2.05, 4.69) is 10.6 Å². The lowest BCUT2D eigenvalue weighted by molar-refractivity contribution is -0.113. The fraction of sp³-hybridized carbons (Fsp3) is 0.0938. The van der Waals surface area contributed by atoms with Crippen LogP contribution >= 0.6 is 11.8 Å². The molecule has 4 rings (SSSR count). The zero-order valence-electron chi connectivity index (χ0n) is 21.7. The van der Waals surface area contributed by atoms with Crippen LogP contribution in [0.4, 0.5) is 10.1 Å². The van der Waals surface area contributed by atoms with E-state index < -0.39 is 17.6 Å². The van der Waals surface area contributed by atoms with Crippen molar-refractivity contribution >= 4 is 41.1 Å². The molecule has 0 fully saturated rings. The normalized spacial score (nSPS) is 11.0.